The maximum atomic E-state index is 10.5. The predicted molar refractivity (Wildman–Crippen MR) is 37.7 cm³/mol. The second-order valence-electron chi connectivity index (χ2n) is 1.53. The molecule has 5 heteroatoms. The summed E-state index contributed by atoms with van der Waals surface area (Å²) in [4.78, 5) is 0. The van der Waals surface area contributed by atoms with Crippen molar-refractivity contribution in [2.75, 3.05) is 13.1 Å². The average Bonchev–Trinajstić information content (AvgIpc) is 1.65. The van der Waals surface area contributed by atoms with Crippen LogP contribution in [0.3, 0.4) is 0 Å². The van der Waals surface area contributed by atoms with Crippen molar-refractivity contribution < 1.29 is 8.42 Å². The van der Waals surface area contributed by atoms with Gasteiger partial charge in [0.1, 0.15) is 0 Å². The first-order valence-corrected chi connectivity index (χ1v) is 4.98. The molecular weight excluding hydrogens is 162 g/mol. The van der Waals surface area contributed by atoms with Gasteiger partial charge in [0.15, 0.2) is 0 Å². The molecule has 3 nitrogen and oxygen atoms in total. The summed E-state index contributed by atoms with van der Waals surface area (Å²) in [5.41, 5.74) is 0. The van der Waals surface area contributed by atoms with E-state index < -0.39 is 9.24 Å². The van der Waals surface area contributed by atoms with Gasteiger partial charge in [0.05, 0.1) is 0 Å². The van der Waals surface area contributed by atoms with Crippen molar-refractivity contribution in [3.8, 4) is 0 Å². The summed E-state index contributed by atoms with van der Waals surface area (Å²) in [6, 6.07) is 0. The highest BCUT2D eigenvalue weighted by atomic mass is 35.7. The van der Waals surface area contributed by atoms with Gasteiger partial charge >= 0.3 is 0 Å². The number of nitrogens with zero attached hydrogens (tertiary/aromatic N) is 1. The predicted octanol–water partition coefficient (Wildman–Crippen LogP) is 0.812. The molecule has 0 atom stereocenters. The van der Waals surface area contributed by atoms with Crippen molar-refractivity contribution >= 4 is 19.9 Å². The van der Waals surface area contributed by atoms with Crippen LogP contribution in [0.25, 0.3) is 0 Å². The minimum absolute atomic E-state index is 0.433. The van der Waals surface area contributed by atoms with Crippen molar-refractivity contribution in [2.45, 2.75) is 13.8 Å². The van der Waals surface area contributed by atoms with E-state index in [-0.39, 0.29) is 0 Å². The van der Waals surface area contributed by atoms with Crippen LogP contribution in [-0.2, 0) is 9.24 Å². The van der Waals surface area contributed by atoms with Gasteiger partial charge in [-0.05, 0) is 0 Å². The lowest BCUT2D eigenvalue weighted by molar-refractivity contribution is 0.457. The Bertz CT molecular complexity index is 161. The van der Waals surface area contributed by atoms with Gasteiger partial charge in [-0.1, -0.05) is 13.8 Å². The Morgan fingerprint density at radius 1 is 1.33 bits per heavy atom. The molecule has 0 aliphatic heterocycles. The quantitative estimate of drug-likeness (QED) is 0.590. The molecule has 0 aliphatic rings. The summed E-state index contributed by atoms with van der Waals surface area (Å²) < 4.78 is 22.1. The third-order valence-corrected chi connectivity index (χ3v) is 2.73. The molecule has 0 unspecified atom stereocenters. The van der Waals surface area contributed by atoms with Gasteiger partial charge in [0.2, 0.25) is 0 Å². The molecule has 0 N–H and O–H groups in total. The van der Waals surface area contributed by atoms with Gasteiger partial charge in [-0.2, -0.15) is 12.7 Å². The Kier molecular flexibility index (Phi) is 3.46. The van der Waals surface area contributed by atoms with E-state index >= 15 is 0 Å². The molecule has 0 bridgehead atoms. The number of hydrogen-bond acceptors (Lipinski definition) is 2. The van der Waals surface area contributed by atoms with Gasteiger partial charge < -0.3 is 0 Å². The van der Waals surface area contributed by atoms with Crippen LogP contribution in [0.2, 0.25) is 0 Å². The molecule has 0 aromatic carbocycles. The summed E-state index contributed by atoms with van der Waals surface area (Å²) in [7, 11) is 1.54. The minimum Gasteiger partial charge on any atom is -0.195 e. The summed E-state index contributed by atoms with van der Waals surface area (Å²) in [6.45, 7) is 4.34. The largest absolute Gasteiger partial charge is 0.299 e. The van der Waals surface area contributed by atoms with Gasteiger partial charge in [-0.25, -0.2) is 0 Å². The smallest absolute Gasteiger partial charge is 0.195 e. The monoisotopic (exact) mass is 171 g/mol. The summed E-state index contributed by atoms with van der Waals surface area (Å²) in [5, 5.41) is 0. The number of hydrogen-bond donors (Lipinski definition) is 0. The molecule has 0 aliphatic carbocycles. The third kappa shape index (κ3) is 3.03. The average molecular weight is 172 g/mol. The molecular formula is C4H10ClNO2S. The molecule has 0 rings (SSSR count). The van der Waals surface area contributed by atoms with Crippen LogP contribution in [0, 0.1) is 0 Å². The molecule has 0 saturated heterocycles. The first kappa shape index (κ1) is 9.20. The highest BCUT2D eigenvalue weighted by Gasteiger charge is 2.13. The zero-order valence-corrected chi connectivity index (χ0v) is 7.04. The van der Waals surface area contributed by atoms with Crippen LogP contribution in [0.4, 0.5) is 0 Å². The molecule has 0 radical (unpaired) electrons. The van der Waals surface area contributed by atoms with Crippen LogP contribution < -0.4 is 0 Å². The van der Waals surface area contributed by atoms with E-state index in [0.717, 1.165) is 0 Å². The highest BCUT2D eigenvalue weighted by molar-refractivity contribution is 8.11. The molecule has 0 saturated carbocycles. The van der Waals surface area contributed by atoms with Crippen LogP contribution in [0.5, 0.6) is 0 Å². The maximum absolute atomic E-state index is 10.5. The zero-order valence-electron chi connectivity index (χ0n) is 5.46. The lowest BCUT2D eigenvalue weighted by atomic mass is 10.7. The van der Waals surface area contributed by atoms with Crippen molar-refractivity contribution in [3.63, 3.8) is 0 Å². The molecule has 0 fully saturated rings. The van der Waals surface area contributed by atoms with Gasteiger partial charge in [-0.3, -0.25) is 0 Å². The Balaban J connectivity index is 4.14. The number of halogens is 1. The second-order valence-corrected chi connectivity index (χ2v) is 4.04. The van der Waals surface area contributed by atoms with Crippen LogP contribution >= 0.6 is 10.7 Å². The van der Waals surface area contributed by atoms with E-state index in [1.807, 2.05) is 0 Å². The van der Waals surface area contributed by atoms with Crippen LogP contribution in [-0.4, -0.2) is 25.8 Å². The third-order valence-electron chi connectivity index (χ3n) is 1.01. The lowest BCUT2D eigenvalue weighted by Crippen LogP contribution is -2.26. The van der Waals surface area contributed by atoms with E-state index in [2.05, 4.69) is 0 Å². The molecule has 0 aromatic rings. The first-order valence-electron chi connectivity index (χ1n) is 2.72. The van der Waals surface area contributed by atoms with Crippen LogP contribution in [0.15, 0.2) is 0 Å². The zero-order chi connectivity index (χ0) is 7.49. The fraction of sp³-hybridized carbons (Fsp3) is 1.00. The second kappa shape index (κ2) is 3.39. The standard InChI is InChI=1S/C4H10ClNO2S/c1-3-6(4-2)9(5,7)8/h3-4H2,1-2H3. The summed E-state index contributed by atoms with van der Waals surface area (Å²) in [5.74, 6) is 0. The Morgan fingerprint density at radius 2 is 1.67 bits per heavy atom. The summed E-state index contributed by atoms with van der Waals surface area (Å²) in [6.07, 6.45) is 0. The minimum atomic E-state index is -3.46. The van der Waals surface area contributed by atoms with Crippen molar-refractivity contribution in [1.29, 1.82) is 0 Å². The van der Waals surface area contributed by atoms with Crippen LogP contribution in [0.1, 0.15) is 13.8 Å². The molecule has 9 heavy (non-hydrogen) atoms. The van der Waals surface area contributed by atoms with Gasteiger partial charge in [0, 0.05) is 23.8 Å². The van der Waals surface area contributed by atoms with E-state index in [1.165, 1.54) is 4.31 Å². The Hall–Kier alpha value is 0.200. The normalized spacial score (nSPS) is 12.4. The van der Waals surface area contributed by atoms with Crippen molar-refractivity contribution in [3.05, 3.63) is 0 Å². The SMILES string of the molecule is CCN(CC)S(=O)(=O)Cl. The van der Waals surface area contributed by atoms with Crippen molar-refractivity contribution in [2.24, 2.45) is 0 Å². The summed E-state index contributed by atoms with van der Waals surface area (Å²) >= 11 is 0. The van der Waals surface area contributed by atoms with E-state index in [9.17, 15) is 8.42 Å². The van der Waals surface area contributed by atoms with E-state index in [4.69, 9.17) is 10.7 Å². The lowest BCUT2D eigenvalue weighted by Gasteiger charge is -2.11. The molecule has 56 valence electrons. The molecule has 0 amide bonds. The molecule has 0 aromatic heterocycles. The van der Waals surface area contributed by atoms with Gasteiger partial charge in [0.25, 0.3) is 9.24 Å². The van der Waals surface area contributed by atoms with Gasteiger partial charge in [-0.15, -0.1) is 0 Å². The topological polar surface area (TPSA) is 37.4 Å². The molecule has 0 heterocycles. The maximum Gasteiger partial charge on any atom is 0.299 e. The Labute approximate surface area is 60.2 Å². The van der Waals surface area contributed by atoms with Crippen molar-refractivity contribution in [1.82, 2.24) is 4.31 Å². The fourth-order valence-electron chi connectivity index (χ4n) is 0.532. The highest BCUT2D eigenvalue weighted by Crippen LogP contribution is 2.03. The number of rotatable bonds is 3. The fourth-order valence-corrected chi connectivity index (χ4v) is 1.73. The Morgan fingerprint density at radius 3 is 1.67 bits per heavy atom. The van der Waals surface area contributed by atoms with E-state index in [0.29, 0.717) is 13.1 Å². The first-order chi connectivity index (χ1) is 4.02. The van der Waals surface area contributed by atoms with E-state index in [1.54, 1.807) is 13.8 Å². The molecule has 0 spiro atoms.